The number of aliphatic hydroxyl groups is 2. The average molecular weight is 710 g/mol. The Morgan fingerprint density at radius 3 is 1.90 bits per heavy atom. The zero-order valence-corrected chi connectivity index (χ0v) is 28.8. The molecule has 0 saturated carbocycles. The fourth-order valence-corrected chi connectivity index (χ4v) is 5.44. The molecule has 11 N–H and O–H groups in total. The zero-order valence-electron chi connectivity index (χ0n) is 28.8. The van der Waals surface area contributed by atoms with E-state index < -0.39 is 97.4 Å². The minimum atomic E-state index is -1.54. The number of aliphatic hydroxyl groups excluding tert-OH is 2. The van der Waals surface area contributed by atoms with Gasteiger partial charge in [0.15, 0.2) is 0 Å². The van der Waals surface area contributed by atoms with E-state index in [-0.39, 0.29) is 44.1 Å². The van der Waals surface area contributed by atoms with Gasteiger partial charge in [-0.25, -0.2) is 9.78 Å². The van der Waals surface area contributed by atoms with Gasteiger partial charge in [-0.1, -0.05) is 27.7 Å². The van der Waals surface area contributed by atoms with E-state index in [0.29, 0.717) is 12.1 Å². The molecule has 0 aromatic carbocycles. The van der Waals surface area contributed by atoms with Crippen molar-refractivity contribution >= 4 is 41.4 Å². The van der Waals surface area contributed by atoms with Gasteiger partial charge in [0.1, 0.15) is 36.3 Å². The Hall–Kier alpha value is -4.62. The fraction of sp³-hybridized carbons (Fsp3) is 0.677. The van der Waals surface area contributed by atoms with Gasteiger partial charge in [-0.2, -0.15) is 0 Å². The van der Waals surface area contributed by atoms with Crippen LogP contribution in [0.4, 0.5) is 0 Å². The molecule has 0 bridgehead atoms. The standard InChI is InChI=1S/C31H51N9O10/c1-16(2)8-20(37-27(45)22(13-41)35-25(43)11-32)30(48)40-7-5-6-24(40)29(47)36-19(10-18-12-33-15-34-18)26(44)39-23(14-42)28(46)38-21(31(49)50)9-17(3)4/h12,15-17,19-24,41-42H,5-11,13-14,32H2,1-4H3,(H,33,34)(H,35,43)(H,36,47)(H,37,45)(H,38,46)(H,39,44)(H,49,50)/t19-,20-,21-,22-,23-,24-/m0/s1. The second-order valence-electron chi connectivity index (χ2n) is 13.0. The average Bonchev–Trinajstić information content (AvgIpc) is 3.76. The summed E-state index contributed by atoms with van der Waals surface area (Å²) in [4.78, 5) is 98.2. The SMILES string of the molecule is CC(C)C[C@H](NC(=O)[C@H](CO)NC(=O)[C@H](Cc1cnc[nH]1)NC(=O)[C@@H]1CCCN1C(=O)[C@H](CC(C)C)NC(=O)[C@H](CO)NC(=O)CN)C(=O)O. The number of nitrogens with zero attached hydrogens (tertiary/aromatic N) is 2. The number of hydrogen-bond donors (Lipinski definition) is 10. The maximum atomic E-state index is 13.8. The van der Waals surface area contributed by atoms with Crippen molar-refractivity contribution in [1.82, 2.24) is 41.5 Å². The first kappa shape index (κ1) is 41.6. The van der Waals surface area contributed by atoms with Crippen LogP contribution in [0.25, 0.3) is 0 Å². The molecule has 50 heavy (non-hydrogen) atoms. The molecule has 1 aliphatic heterocycles. The molecule has 0 spiro atoms. The van der Waals surface area contributed by atoms with Crippen LogP contribution in [0.2, 0.25) is 0 Å². The van der Waals surface area contributed by atoms with Gasteiger partial charge in [0, 0.05) is 24.9 Å². The molecule has 280 valence electrons. The van der Waals surface area contributed by atoms with Crippen LogP contribution in [-0.2, 0) is 40.0 Å². The third-order valence-electron chi connectivity index (χ3n) is 7.93. The van der Waals surface area contributed by atoms with Crippen LogP contribution in [0.5, 0.6) is 0 Å². The van der Waals surface area contributed by atoms with Gasteiger partial charge < -0.3 is 57.5 Å². The summed E-state index contributed by atoms with van der Waals surface area (Å²) in [6, 6.07) is -7.64. The van der Waals surface area contributed by atoms with Crippen molar-refractivity contribution in [2.75, 3.05) is 26.3 Å². The highest BCUT2D eigenvalue weighted by molar-refractivity contribution is 5.97. The predicted octanol–water partition coefficient (Wildman–Crippen LogP) is -3.51. The van der Waals surface area contributed by atoms with Gasteiger partial charge in [0.2, 0.25) is 35.4 Å². The number of aliphatic carboxylic acids is 1. The maximum Gasteiger partial charge on any atom is 0.326 e. The Morgan fingerprint density at radius 2 is 1.38 bits per heavy atom. The molecule has 2 heterocycles. The third-order valence-corrected chi connectivity index (χ3v) is 7.93. The maximum absolute atomic E-state index is 13.8. The topological polar surface area (TPSA) is 298 Å². The first-order valence-electron chi connectivity index (χ1n) is 16.5. The lowest BCUT2D eigenvalue weighted by Gasteiger charge is -2.31. The van der Waals surface area contributed by atoms with Crippen LogP contribution < -0.4 is 32.3 Å². The van der Waals surface area contributed by atoms with Crippen molar-refractivity contribution in [3.05, 3.63) is 18.2 Å². The lowest BCUT2D eigenvalue weighted by atomic mass is 10.0. The van der Waals surface area contributed by atoms with Gasteiger partial charge >= 0.3 is 5.97 Å². The quantitative estimate of drug-likeness (QED) is 0.0631. The molecule has 0 unspecified atom stereocenters. The largest absolute Gasteiger partial charge is 0.480 e. The molecule has 1 saturated heterocycles. The lowest BCUT2D eigenvalue weighted by molar-refractivity contribution is -0.143. The summed E-state index contributed by atoms with van der Waals surface area (Å²) >= 11 is 0. The zero-order chi connectivity index (χ0) is 37.5. The van der Waals surface area contributed by atoms with Crippen molar-refractivity contribution in [3.63, 3.8) is 0 Å². The van der Waals surface area contributed by atoms with Crippen molar-refractivity contribution in [2.24, 2.45) is 17.6 Å². The summed E-state index contributed by atoms with van der Waals surface area (Å²) in [7, 11) is 0. The number of imidazole rings is 1. The monoisotopic (exact) mass is 709 g/mol. The first-order chi connectivity index (χ1) is 23.6. The molecule has 2 rings (SSSR count). The van der Waals surface area contributed by atoms with Crippen molar-refractivity contribution < 1.29 is 48.9 Å². The molecule has 6 atom stereocenters. The number of amides is 6. The first-order valence-corrected chi connectivity index (χ1v) is 16.5. The van der Waals surface area contributed by atoms with E-state index >= 15 is 0 Å². The molecule has 1 fully saturated rings. The molecule has 0 aliphatic carbocycles. The van der Waals surface area contributed by atoms with Crippen molar-refractivity contribution in [3.8, 4) is 0 Å². The number of H-pyrrole nitrogens is 1. The van der Waals surface area contributed by atoms with Crippen LogP contribution in [0.1, 0.15) is 59.1 Å². The summed E-state index contributed by atoms with van der Waals surface area (Å²) in [5.74, 6) is -6.01. The minimum Gasteiger partial charge on any atom is -0.480 e. The summed E-state index contributed by atoms with van der Waals surface area (Å²) < 4.78 is 0. The molecule has 19 heteroatoms. The highest BCUT2D eigenvalue weighted by atomic mass is 16.4. The van der Waals surface area contributed by atoms with E-state index in [0.717, 1.165) is 0 Å². The molecule has 1 aliphatic rings. The number of aromatic nitrogens is 2. The third kappa shape index (κ3) is 12.7. The molecule has 6 amide bonds. The second-order valence-corrected chi connectivity index (χ2v) is 13.0. The molecule has 1 aromatic rings. The van der Waals surface area contributed by atoms with Crippen LogP contribution in [0.3, 0.4) is 0 Å². The Morgan fingerprint density at radius 1 is 0.840 bits per heavy atom. The van der Waals surface area contributed by atoms with E-state index in [4.69, 9.17) is 5.73 Å². The molecule has 19 nitrogen and oxygen atoms in total. The summed E-state index contributed by atoms with van der Waals surface area (Å²) in [5.41, 5.74) is 5.73. The number of carbonyl (C=O) groups excluding carboxylic acids is 6. The van der Waals surface area contributed by atoms with Crippen LogP contribution in [-0.4, -0.2) is 134 Å². The van der Waals surface area contributed by atoms with Gasteiger partial charge in [0.25, 0.3) is 0 Å². The number of carboxylic acid groups (broad SMARTS) is 1. The van der Waals surface area contributed by atoms with Crippen molar-refractivity contribution in [2.45, 2.75) is 96.1 Å². The highest BCUT2D eigenvalue weighted by Crippen LogP contribution is 2.21. The lowest BCUT2D eigenvalue weighted by Crippen LogP contribution is -2.60. The van der Waals surface area contributed by atoms with Gasteiger partial charge in [-0.05, 0) is 37.5 Å². The summed E-state index contributed by atoms with van der Waals surface area (Å²) in [5, 5.41) is 41.2. The number of nitrogens with one attached hydrogen (secondary N) is 6. The van der Waals surface area contributed by atoms with Crippen molar-refractivity contribution in [1.29, 1.82) is 0 Å². The summed E-state index contributed by atoms with van der Waals surface area (Å²) in [6.45, 7) is 5.33. The number of likely N-dealkylation sites (tertiary alicyclic amines) is 1. The molecule has 1 aromatic heterocycles. The predicted molar refractivity (Wildman–Crippen MR) is 176 cm³/mol. The number of carboxylic acids is 1. The normalized spacial score (nSPS) is 17.3. The molecular weight excluding hydrogens is 658 g/mol. The van der Waals surface area contributed by atoms with Crippen LogP contribution in [0.15, 0.2) is 12.5 Å². The summed E-state index contributed by atoms with van der Waals surface area (Å²) in [6.07, 6.45) is 3.62. The number of aromatic amines is 1. The van der Waals surface area contributed by atoms with Gasteiger partial charge in [0.05, 0.1) is 26.1 Å². The second kappa shape index (κ2) is 20.1. The number of carbonyl (C=O) groups is 7. The van der Waals surface area contributed by atoms with E-state index in [2.05, 4.69) is 36.6 Å². The number of rotatable bonds is 20. The molecular formula is C31H51N9O10. The fourth-order valence-electron chi connectivity index (χ4n) is 5.44. The number of hydrogen-bond acceptors (Lipinski definition) is 11. The van der Waals surface area contributed by atoms with E-state index in [9.17, 15) is 48.9 Å². The Labute approximate surface area is 289 Å². The number of nitrogens with two attached hydrogens (primary N) is 1. The highest BCUT2D eigenvalue weighted by Gasteiger charge is 2.40. The van der Waals surface area contributed by atoms with E-state index in [1.54, 1.807) is 13.8 Å². The smallest absolute Gasteiger partial charge is 0.326 e. The van der Waals surface area contributed by atoms with Gasteiger partial charge in [-0.15, -0.1) is 0 Å². The van der Waals surface area contributed by atoms with Crippen LogP contribution in [0, 0.1) is 11.8 Å². The van der Waals surface area contributed by atoms with E-state index in [1.807, 2.05) is 13.8 Å². The van der Waals surface area contributed by atoms with Crippen LogP contribution >= 0.6 is 0 Å². The van der Waals surface area contributed by atoms with E-state index in [1.165, 1.54) is 17.4 Å². The Balaban J connectivity index is 2.25. The Kier molecular flexibility index (Phi) is 16.7. The van der Waals surface area contributed by atoms with Gasteiger partial charge in [-0.3, -0.25) is 28.8 Å². The molecule has 0 radical (unpaired) electrons. The Bertz CT molecular complexity index is 1320. The minimum absolute atomic E-state index is 0.0759.